The van der Waals surface area contributed by atoms with Crippen molar-refractivity contribution in [2.24, 2.45) is 0 Å². The summed E-state index contributed by atoms with van der Waals surface area (Å²) in [7, 11) is -0.990. The van der Waals surface area contributed by atoms with Gasteiger partial charge in [0.25, 0.3) is 0 Å². The molecule has 0 saturated heterocycles. The smallest absolute Gasteiger partial charge is 0.388 e. The second-order valence-corrected chi connectivity index (χ2v) is 14.9. The highest BCUT2D eigenvalue weighted by Gasteiger charge is 2.26. The molecule has 3 aromatic carbocycles. The SMILES string of the molecule is CCCCCCCCOc1ccc(-c2ccc(-c3ccc(OCCCCC)cc3)cc2)c(F)c1F.C[SiH](C)CCC(F)(F)F. The Morgan fingerprint density at radius 3 is 1.66 bits per heavy atom. The van der Waals surface area contributed by atoms with Gasteiger partial charge in [-0.1, -0.05) is 114 Å². The maximum Gasteiger partial charge on any atom is 0.388 e. The van der Waals surface area contributed by atoms with Crippen LogP contribution in [0, 0.1) is 11.6 Å². The summed E-state index contributed by atoms with van der Waals surface area (Å²) in [6.07, 6.45) is 5.59. The van der Waals surface area contributed by atoms with Gasteiger partial charge in [0.15, 0.2) is 11.6 Å². The van der Waals surface area contributed by atoms with Crippen molar-refractivity contribution in [3.8, 4) is 33.8 Å². The standard InChI is InChI=1S/C31H38F2O2.C5H11F3Si/c1-3-5-7-8-9-11-23-35-29-21-20-28(30(32)31(29)33)26-14-12-24(13-15-26)25-16-18-27(19-17-25)34-22-10-6-4-2;1-9(2)4-3-5(6,7)8/h12-21H,3-11,22-23H2,1-2H3;9H,3-4H2,1-2H3. The molecule has 0 atom stereocenters. The number of unbranched alkanes of at least 4 members (excludes halogenated alkanes) is 7. The lowest BCUT2D eigenvalue weighted by molar-refractivity contribution is -0.130. The van der Waals surface area contributed by atoms with Gasteiger partial charge < -0.3 is 9.47 Å². The van der Waals surface area contributed by atoms with Crippen molar-refractivity contribution in [1.29, 1.82) is 0 Å². The van der Waals surface area contributed by atoms with Crippen LogP contribution in [0.25, 0.3) is 22.3 Å². The minimum absolute atomic E-state index is 0.0200. The van der Waals surface area contributed by atoms with Crippen molar-refractivity contribution in [3.05, 3.63) is 72.3 Å². The Morgan fingerprint density at radius 2 is 1.09 bits per heavy atom. The Bertz CT molecular complexity index is 1190. The van der Waals surface area contributed by atoms with Crippen LogP contribution in [-0.2, 0) is 0 Å². The van der Waals surface area contributed by atoms with E-state index in [4.69, 9.17) is 9.47 Å². The molecule has 8 heteroatoms. The largest absolute Gasteiger partial charge is 0.494 e. The monoisotopic (exact) mass is 636 g/mol. The summed E-state index contributed by atoms with van der Waals surface area (Å²) in [4.78, 5) is 0. The Balaban J connectivity index is 0.000000651. The van der Waals surface area contributed by atoms with Gasteiger partial charge in [-0.3, -0.25) is 0 Å². The second kappa shape index (κ2) is 20.2. The first-order chi connectivity index (χ1) is 21.1. The van der Waals surface area contributed by atoms with E-state index in [-0.39, 0.29) is 11.3 Å². The number of ether oxygens (including phenoxy) is 2. The summed E-state index contributed by atoms with van der Waals surface area (Å²) >= 11 is 0. The van der Waals surface area contributed by atoms with Crippen LogP contribution in [0.1, 0.15) is 78.1 Å². The third-order valence-corrected chi connectivity index (χ3v) is 8.65. The highest BCUT2D eigenvalue weighted by atomic mass is 28.3. The Kier molecular flexibility index (Phi) is 17.1. The molecule has 0 aliphatic carbocycles. The molecule has 0 aliphatic rings. The minimum atomic E-state index is -3.93. The summed E-state index contributed by atoms with van der Waals surface area (Å²) in [6.45, 7) is 9.33. The third-order valence-electron chi connectivity index (χ3n) is 7.21. The van der Waals surface area contributed by atoms with Crippen LogP contribution < -0.4 is 9.47 Å². The lowest BCUT2D eigenvalue weighted by Gasteiger charge is -2.11. The highest BCUT2D eigenvalue weighted by Crippen LogP contribution is 2.32. The van der Waals surface area contributed by atoms with Gasteiger partial charge in [0.2, 0.25) is 5.82 Å². The Morgan fingerprint density at radius 1 is 0.591 bits per heavy atom. The van der Waals surface area contributed by atoms with E-state index in [1.165, 1.54) is 38.2 Å². The van der Waals surface area contributed by atoms with E-state index in [9.17, 15) is 22.0 Å². The highest BCUT2D eigenvalue weighted by molar-refractivity contribution is 6.55. The fraction of sp³-hybridized carbons (Fsp3) is 0.500. The summed E-state index contributed by atoms with van der Waals surface area (Å²) in [5.41, 5.74) is 2.91. The zero-order valence-corrected chi connectivity index (χ0v) is 27.9. The summed E-state index contributed by atoms with van der Waals surface area (Å²) in [5, 5.41) is 0. The second-order valence-electron chi connectivity index (χ2n) is 11.6. The van der Waals surface area contributed by atoms with Crippen LogP contribution in [0.15, 0.2) is 60.7 Å². The van der Waals surface area contributed by atoms with E-state index in [2.05, 4.69) is 13.8 Å². The van der Waals surface area contributed by atoms with Gasteiger partial charge in [0, 0.05) is 20.8 Å². The number of hydrogen-bond acceptors (Lipinski definition) is 2. The van der Waals surface area contributed by atoms with Crippen molar-refractivity contribution in [1.82, 2.24) is 0 Å². The number of hydrogen-bond donors (Lipinski definition) is 0. The van der Waals surface area contributed by atoms with Gasteiger partial charge in [0.1, 0.15) is 5.75 Å². The lowest BCUT2D eigenvalue weighted by Crippen LogP contribution is -2.11. The summed E-state index contributed by atoms with van der Waals surface area (Å²) < 4.78 is 75.0. The maximum atomic E-state index is 14.8. The van der Waals surface area contributed by atoms with Gasteiger partial charge in [-0.2, -0.15) is 17.6 Å². The topological polar surface area (TPSA) is 18.5 Å². The maximum absolute atomic E-state index is 14.8. The van der Waals surface area contributed by atoms with E-state index in [1.54, 1.807) is 6.07 Å². The molecule has 244 valence electrons. The van der Waals surface area contributed by atoms with Crippen molar-refractivity contribution in [3.63, 3.8) is 0 Å². The van der Waals surface area contributed by atoms with Crippen LogP contribution in [0.5, 0.6) is 11.5 Å². The van der Waals surface area contributed by atoms with E-state index < -0.39 is 33.0 Å². The predicted molar refractivity (Wildman–Crippen MR) is 175 cm³/mol. The molecule has 0 spiro atoms. The molecule has 0 bridgehead atoms. The summed E-state index contributed by atoms with van der Waals surface area (Å²) in [5.74, 6) is -0.957. The van der Waals surface area contributed by atoms with Gasteiger partial charge in [-0.05, 0) is 53.8 Å². The molecule has 0 heterocycles. The quantitative estimate of drug-likeness (QED) is 0.0834. The summed E-state index contributed by atoms with van der Waals surface area (Å²) in [6, 6.07) is 18.9. The molecule has 0 aliphatic heterocycles. The average Bonchev–Trinajstić information content (AvgIpc) is 3.00. The normalized spacial score (nSPS) is 11.3. The molecule has 0 N–H and O–H groups in total. The molecule has 0 saturated carbocycles. The van der Waals surface area contributed by atoms with Crippen LogP contribution in [0.2, 0.25) is 19.1 Å². The number of benzene rings is 3. The van der Waals surface area contributed by atoms with Gasteiger partial charge >= 0.3 is 6.18 Å². The Hall–Kier alpha value is -2.87. The molecule has 0 fully saturated rings. The van der Waals surface area contributed by atoms with Gasteiger partial charge in [-0.25, -0.2) is 4.39 Å². The molecule has 44 heavy (non-hydrogen) atoms. The zero-order chi connectivity index (χ0) is 32.4. The van der Waals surface area contributed by atoms with Crippen molar-refractivity contribution in [2.45, 2.75) is 103 Å². The van der Waals surface area contributed by atoms with Crippen LogP contribution in [0.3, 0.4) is 0 Å². The van der Waals surface area contributed by atoms with E-state index in [0.717, 1.165) is 49.2 Å². The van der Waals surface area contributed by atoms with Crippen LogP contribution in [0.4, 0.5) is 22.0 Å². The molecule has 0 radical (unpaired) electrons. The third kappa shape index (κ3) is 14.3. The van der Waals surface area contributed by atoms with Crippen LogP contribution in [-0.4, -0.2) is 28.2 Å². The fourth-order valence-electron chi connectivity index (χ4n) is 4.51. The molecule has 0 aromatic heterocycles. The van der Waals surface area contributed by atoms with E-state index in [0.29, 0.717) is 18.2 Å². The van der Waals surface area contributed by atoms with Crippen molar-refractivity contribution < 1.29 is 31.4 Å². The molecule has 3 rings (SSSR count). The Labute approximate surface area is 262 Å². The van der Waals surface area contributed by atoms with Gasteiger partial charge in [0.05, 0.1) is 13.2 Å². The fourth-order valence-corrected chi connectivity index (χ4v) is 5.42. The van der Waals surface area contributed by atoms with Crippen molar-refractivity contribution >= 4 is 8.80 Å². The van der Waals surface area contributed by atoms with E-state index in [1.807, 2.05) is 61.6 Å². The molecule has 0 amide bonds. The van der Waals surface area contributed by atoms with Crippen LogP contribution >= 0.6 is 0 Å². The molecular weight excluding hydrogens is 587 g/mol. The molecular formula is C36H49F5O2Si. The first-order valence-corrected chi connectivity index (χ1v) is 19.2. The number of rotatable bonds is 17. The average molecular weight is 637 g/mol. The lowest BCUT2D eigenvalue weighted by atomic mass is 9.99. The van der Waals surface area contributed by atoms with E-state index >= 15 is 0 Å². The molecule has 3 aromatic rings. The van der Waals surface area contributed by atoms with Crippen molar-refractivity contribution in [2.75, 3.05) is 13.2 Å². The van der Waals surface area contributed by atoms with Gasteiger partial charge in [-0.15, -0.1) is 0 Å². The molecule has 2 nitrogen and oxygen atoms in total. The predicted octanol–water partition coefficient (Wildman–Crippen LogP) is 12.0. The first kappa shape index (κ1) is 37.3. The first-order valence-electron chi connectivity index (χ1n) is 16.1. The zero-order valence-electron chi connectivity index (χ0n) is 26.7. The number of alkyl halides is 3. The number of halogens is 5. The molecule has 0 unspecified atom stereocenters. The minimum Gasteiger partial charge on any atom is -0.494 e.